The van der Waals surface area contributed by atoms with Gasteiger partial charge in [0, 0.05) is 18.7 Å². The summed E-state index contributed by atoms with van der Waals surface area (Å²) in [6.45, 7) is 3.22. The first-order chi connectivity index (χ1) is 9.02. The average molecular weight is 264 g/mol. The Hall–Kier alpha value is -1.42. The number of rotatable bonds is 8. The molecule has 0 unspecified atom stereocenters. The smallest absolute Gasteiger partial charge is 0.269 e. The molecule has 4 heteroatoms. The molecule has 19 heavy (non-hydrogen) atoms. The molecule has 0 spiro atoms. The Balaban J connectivity index is 2.71. The van der Waals surface area contributed by atoms with Crippen LogP contribution in [0.2, 0.25) is 0 Å². The van der Waals surface area contributed by atoms with Gasteiger partial charge < -0.3 is 4.90 Å². The zero-order valence-corrected chi connectivity index (χ0v) is 12.1. The molecule has 1 rings (SSSR count). The molecule has 0 aliphatic carbocycles. The third-order valence-corrected chi connectivity index (χ3v) is 3.24. The summed E-state index contributed by atoms with van der Waals surface area (Å²) in [6.07, 6.45) is 4.50. The van der Waals surface area contributed by atoms with Crippen LogP contribution in [0, 0.1) is 16.0 Å². The van der Waals surface area contributed by atoms with E-state index >= 15 is 0 Å². The molecule has 0 heterocycles. The Labute approximate surface area is 115 Å². The van der Waals surface area contributed by atoms with Gasteiger partial charge in [-0.05, 0) is 38.4 Å². The van der Waals surface area contributed by atoms with Gasteiger partial charge in [0.15, 0.2) is 0 Å². The van der Waals surface area contributed by atoms with E-state index < -0.39 is 0 Å². The van der Waals surface area contributed by atoms with E-state index in [4.69, 9.17) is 0 Å². The Morgan fingerprint density at radius 1 is 1.37 bits per heavy atom. The summed E-state index contributed by atoms with van der Waals surface area (Å²) in [6, 6.07) is 7.02. The maximum absolute atomic E-state index is 10.8. The SMILES string of the molecule is CCCC[C@H](Cc1cccc([N+](=O)[O-])c1)CN(C)C. The van der Waals surface area contributed by atoms with E-state index in [2.05, 4.69) is 25.9 Å². The highest BCUT2D eigenvalue weighted by atomic mass is 16.6. The lowest BCUT2D eigenvalue weighted by atomic mass is 9.93. The fourth-order valence-corrected chi connectivity index (χ4v) is 2.40. The second-order valence-electron chi connectivity index (χ2n) is 5.40. The molecule has 4 nitrogen and oxygen atoms in total. The summed E-state index contributed by atoms with van der Waals surface area (Å²) in [5.74, 6) is 0.567. The molecule has 0 bridgehead atoms. The number of nitrogens with zero attached hydrogens (tertiary/aromatic N) is 2. The van der Waals surface area contributed by atoms with Crippen LogP contribution in [0.3, 0.4) is 0 Å². The lowest BCUT2D eigenvalue weighted by Crippen LogP contribution is -2.23. The summed E-state index contributed by atoms with van der Waals surface area (Å²) in [5.41, 5.74) is 1.26. The van der Waals surface area contributed by atoms with Crippen molar-refractivity contribution in [1.29, 1.82) is 0 Å². The maximum atomic E-state index is 10.8. The lowest BCUT2D eigenvalue weighted by Gasteiger charge is -2.21. The fraction of sp³-hybridized carbons (Fsp3) is 0.600. The molecule has 0 N–H and O–H groups in total. The Bertz CT molecular complexity index is 405. The van der Waals surface area contributed by atoms with Crippen LogP contribution in [0.4, 0.5) is 5.69 Å². The van der Waals surface area contributed by atoms with Gasteiger partial charge in [-0.3, -0.25) is 10.1 Å². The van der Waals surface area contributed by atoms with Crippen LogP contribution in [0.5, 0.6) is 0 Å². The highest BCUT2D eigenvalue weighted by molar-refractivity contribution is 5.34. The van der Waals surface area contributed by atoms with Crippen molar-refractivity contribution in [3.05, 3.63) is 39.9 Å². The van der Waals surface area contributed by atoms with Gasteiger partial charge >= 0.3 is 0 Å². The van der Waals surface area contributed by atoms with Crippen molar-refractivity contribution in [2.24, 2.45) is 5.92 Å². The largest absolute Gasteiger partial charge is 0.309 e. The van der Waals surface area contributed by atoms with Crippen LogP contribution in [-0.4, -0.2) is 30.5 Å². The summed E-state index contributed by atoms with van der Waals surface area (Å²) >= 11 is 0. The van der Waals surface area contributed by atoms with E-state index in [1.165, 1.54) is 19.3 Å². The maximum Gasteiger partial charge on any atom is 0.269 e. The van der Waals surface area contributed by atoms with E-state index in [1.54, 1.807) is 18.2 Å². The van der Waals surface area contributed by atoms with E-state index in [-0.39, 0.29) is 10.6 Å². The van der Waals surface area contributed by atoms with Crippen molar-refractivity contribution in [3.63, 3.8) is 0 Å². The van der Waals surface area contributed by atoms with Gasteiger partial charge in [0.05, 0.1) is 4.92 Å². The number of nitro benzene ring substituents is 1. The quantitative estimate of drug-likeness (QED) is 0.533. The summed E-state index contributed by atoms with van der Waals surface area (Å²) in [5, 5.41) is 10.8. The van der Waals surface area contributed by atoms with Crippen molar-refractivity contribution < 1.29 is 4.92 Å². The number of hydrogen-bond donors (Lipinski definition) is 0. The van der Waals surface area contributed by atoms with Crippen molar-refractivity contribution in [1.82, 2.24) is 4.90 Å². The van der Waals surface area contributed by atoms with Crippen molar-refractivity contribution in [3.8, 4) is 0 Å². The first-order valence-electron chi connectivity index (χ1n) is 6.91. The van der Waals surface area contributed by atoms with Crippen LogP contribution >= 0.6 is 0 Å². The fourth-order valence-electron chi connectivity index (χ4n) is 2.40. The Kier molecular flexibility index (Phi) is 6.50. The van der Waals surface area contributed by atoms with E-state index in [1.807, 2.05) is 6.07 Å². The molecule has 0 aromatic heterocycles. The first-order valence-corrected chi connectivity index (χ1v) is 6.91. The molecule has 0 aliphatic rings. The molecule has 0 saturated carbocycles. The van der Waals surface area contributed by atoms with Crippen LogP contribution in [-0.2, 0) is 6.42 Å². The summed E-state index contributed by atoms with van der Waals surface area (Å²) in [7, 11) is 4.15. The number of non-ortho nitro benzene ring substituents is 1. The molecule has 1 atom stereocenters. The molecule has 0 fully saturated rings. The van der Waals surface area contributed by atoms with Crippen molar-refractivity contribution >= 4 is 5.69 Å². The van der Waals surface area contributed by atoms with Gasteiger partial charge in [-0.1, -0.05) is 31.9 Å². The molecule has 0 saturated heterocycles. The molecule has 106 valence electrons. The predicted octanol–water partition coefficient (Wildman–Crippen LogP) is 3.51. The Morgan fingerprint density at radius 3 is 2.68 bits per heavy atom. The molecule has 0 aliphatic heterocycles. The van der Waals surface area contributed by atoms with Crippen LogP contribution in [0.25, 0.3) is 0 Å². The average Bonchev–Trinajstić information content (AvgIpc) is 2.35. The third kappa shape index (κ3) is 5.83. The van der Waals surface area contributed by atoms with Gasteiger partial charge in [0.25, 0.3) is 5.69 Å². The second kappa shape index (κ2) is 7.89. The topological polar surface area (TPSA) is 46.4 Å². The van der Waals surface area contributed by atoms with Gasteiger partial charge in [0.1, 0.15) is 0 Å². The normalized spacial score (nSPS) is 12.6. The predicted molar refractivity (Wildman–Crippen MR) is 78.4 cm³/mol. The van der Waals surface area contributed by atoms with Crippen molar-refractivity contribution in [2.45, 2.75) is 32.6 Å². The van der Waals surface area contributed by atoms with Gasteiger partial charge in [0.2, 0.25) is 0 Å². The highest BCUT2D eigenvalue weighted by Crippen LogP contribution is 2.19. The lowest BCUT2D eigenvalue weighted by molar-refractivity contribution is -0.384. The molecule has 0 amide bonds. The summed E-state index contributed by atoms with van der Waals surface area (Å²) < 4.78 is 0. The minimum Gasteiger partial charge on any atom is -0.309 e. The standard InChI is InChI=1S/C15H24N2O2/c1-4-5-7-14(12-16(2)3)10-13-8-6-9-15(11-13)17(18)19/h6,8-9,11,14H,4-5,7,10,12H2,1-3H3/t14-/m1/s1. The summed E-state index contributed by atoms with van der Waals surface area (Å²) in [4.78, 5) is 12.7. The van der Waals surface area contributed by atoms with E-state index in [0.717, 1.165) is 18.5 Å². The minimum absolute atomic E-state index is 0.191. The minimum atomic E-state index is -0.323. The van der Waals surface area contributed by atoms with Gasteiger partial charge in [-0.15, -0.1) is 0 Å². The van der Waals surface area contributed by atoms with Gasteiger partial charge in [-0.25, -0.2) is 0 Å². The zero-order valence-electron chi connectivity index (χ0n) is 12.1. The number of hydrogen-bond acceptors (Lipinski definition) is 3. The Morgan fingerprint density at radius 2 is 2.11 bits per heavy atom. The molecule has 1 aromatic carbocycles. The molecular weight excluding hydrogens is 240 g/mol. The molecule has 1 aromatic rings. The number of unbranched alkanes of at least 4 members (excludes halogenated alkanes) is 1. The second-order valence-corrected chi connectivity index (χ2v) is 5.40. The monoisotopic (exact) mass is 264 g/mol. The molecule has 0 radical (unpaired) electrons. The highest BCUT2D eigenvalue weighted by Gasteiger charge is 2.13. The number of benzene rings is 1. The van der Waals surface area contributed by atoms with E-state index in [9.17, 15) is 10.1 Å². The van der Waals surface area contributed by atoms with Crippen LogP contribution < -0.4 is 0 Å². The van der Waals surface area contributed by atoms with Crippen molar-refractivity contribution in [2.75, 3.05) is 20.6 Å². The van der Waals surface area contributed by atoms with Crippen LogP contribution in [0.1, 0.15) is 31.7 Å². The zero-order chi connectivity index (χ0) is 14.3. The molecular formula is C15H24N2O2. The van der Waals surface area contributed by atoms with E-state index in [0.29, 0.717) is 5.92 Å². The van der Waals surface area contributed by atoms with Gasteiger partial charge in [-0.2, -0.15) is 0 Å². The third-order valence-electron chi connectivity index (χ3n) is 3.24. The van der Waals surface area contributed by atoms with Crippen LogP contribution in [0.15, 0.2) is 24.3 Å². The number of nitro groups is 1. The first kappa shape index (κ1) is 15.6.